The molecular weight excluding hydrogens is 252 g/mol. The molecule has 1 aromatic carbocycles. The Morgan fingerprint density at radius 2 is 2.10 bits per heavy atom. The van der Waals surface area contributed by atoms with Gasteiger partial charge in [-0.2, -0.15) is 0 Å². The number of para-hydroxylation sites is 1. The molecule has 0 bridgehead atoms. The summed E-state index contributed by atoms with van der Waals surface area (Å²) in [6, 6.07) is 5.88. The van der Waals surface area contributed by atoms with E-state index in [-0.39, 0.29) is 11.9 Å². The molecule has 2 rings (SSSR count). The molecule has 4 heteroatoms. The Kier molecular flexibility index (Phi) is 4.78. The fourth-order valence-electron chi connectivity index (χ4n) is 2.90. The predicted octanol–water partition coefficient (Wildman–Crippen LogP) is 2.09. The number of anilines is 1. The van der Waals surface area contributed by atoms with Crippen LogP contribution in [0.25, 0.3) is 0 Å². The maximum Gasteiger partial charge on any atom is 0.241 e. The first-order chi connectivity index (χ1) is 9.49. The number of nitrogens with one attached hydrogen (secondary N) is 1. The van der Waals surface area contributed by atoms with E-state index in [9.17, 15) is 9.90 Å². The number of aliphatic hydroxyl groups excluding tert-OH is 1. The second kappa shape index (κ2) is 6.37. The van der Waals surface area contributed by atoms with Crippen molar-refractivity contribution in [1.82, 2.24) is 4.90 Å². The summed E-state index contributed by atoms with van der Waals surface area (Å²) in [4.78, 5) is 14.6. The minimum Gasteiger partial charge on any atom is -0.392 e. The van der Waals surface area contributed by atoms with E-state index in [4.69, 9.17) is 0 Å². The number of likely N-dealkylation sites (tertiary alicyclic amines) is 1. The van der Waals surface area contributed by atoms with Gasteiger partial charge in [-0.1, -0.05) is 18.2 Å². The van der Waals surface area contributed by atoms with E-state index in [1.807, 2.05) is 32.0 Å². The lowest BCUT2D eigenvalue weighted by molar-refractivity contribution is -0.120. The summed E-state index contributed by atoms with van der Waals surface area (Å²) < 4.78 is 0. The van der Waals surface area contributed by atoms with Gasteiger partial charge in [0.1, 0.15) is 0 Å². The molecule has 0 aromatic heterocycles. The number of aliphatic hydroxyl groups is 1. The molecule has 2 atom stereocenters. The standard InChI is InChI=1S/C16H24N2O2/c1-11-6-4-7-12(2)15(11)17-16(20)14-8-5-9-18(14)10-13(3)19/h4,6-7,13-14,19H,5,8-10H2,1-3H3,(H,17,20)/t13?,14-/m1/s1. The molecule has 0 spiro atoms. The zero-order valence-corrected chi connectivity index (χ0v) is 12.5. The Bertz CT molecular complexity index is 465. The fourth-order valence-corrected chi connectivity index (χ4v) is 2.90. The molecule has 1 amide bonds. The highest BCUT2D eigenvalue weighted by molar-refractivity contribution is 5.96. The number of aryl methyl sites for hydroxylation is 2. The number of hydrogen-bond acceptors (Lipinski definition) is 3. The number of rotatable bonds is 4. The van der Waals surface area contributed by atoms with Crippen LogP contribution >= 0.6 is 0 Å². The molecule has 2 N–H and O–H groups in total. The SMILES string of the molecule is Cc1cccc(C)c1NC(=O)[C@H]1CCCN1CC(C)O. The number of amides is 1. The van der Waals surface area contributed by atoms with E-state index in [1.54, 1.807) is 6.92 Å². The lowest BCUT2D eigenvalue weighted by Crippen LogP contribution is -2.42. The van der Waals surface area contributed by atoms with Gasteiger partial charge in [0.2, 0.25) is 5.91 Å². The molecule has 1 heterocycles. The lowest BCUT2D eigenvalue weighted by atomic mass is 10.1. The average Bonchev–Trinajstić information content (AvgIpc) is 2.81. The van der Waals surface area contributed by atoms with Crippen LogP contribution in [-0.4, -0.2) is 41.1 Å². The molecule has 4 nitrogen and oxygen atoms in total. The van der Waals surface area contributed by atoms with Crippen LogP contribution in [0.3, 0.4) is 0 Å². The van der Waals surface area contributed by atoms with Crippen LogP contribution in [0.15, 0.2) is 18.2 Å². The van der Waals surface area contributed by atoms with Gasteiger partial charge in [0, 0.05) is 12.2 Å². The molecule has 20 heavy (non-hydrogen) atoms. The number of benzene rings is 1. The molecular formula is C16H24N2O2. The second-order valence-corrected chi connectivity index (χ2v) is 5.76. The van der Waals surface area contributed by atoms with Crippen LogP contribution in [0, 0.1) is 13.8 Å². The number of carbonyl (C=O) groups excluding carboxylic acids is 1. The predicted molar refractivity (Wildman–Crippen MR) is 80.8 cm³/mol. The molecule has 1 unspecified atom stereocenters. The van der Waals surface area contributed by atoms with Gasteiger partial charge >= 0.3 is 0 Å². The minimum absolute atomic E-state index is 0.0422. The highest BCUT2D eigenvalue weighted by Crippen LogP contribution is 2.23. The van der Waals surface area contributed by atoms with E-state index >= 15 is 0 Å². The molecule has 1 aliphatic rings. The van der Waals surface area contributed by atoms with Gasteiger partial charge in [-0.05, 0) is 51.3 Å². The second-order valence-electron chi connectivity index (χ2n) is 5.76. The Balaban J connectivity index is 2.08. The van der Waals surface area contributed by atoms with Crippen molar-refractivity contribution < 1.29 is 9.90 Å². The van der Waals surface area contributed by atoms with Gasteiger partial charge in [0.05, 0.1) is 12.1 Å². The highest BCUT2D eigenvalue weighted by atomic mass is 16.3. The summed E-state index contributed by atoms with van der Waals surface area (Å²) >= 11 is 0. The monoisotopic (exact) mass is 276 g/mol. The minimum atomic E-state index is -0.399. The number of hydrogen-bond donors (Lipinski definition) is 2. The van der Waals surface area contributed by atoms with Crippen molar-refractivity contribution in [3.05, 3.63) is 29.3 Å². The largest absolute Gasteiger partial charge is 0.392 e. The Morgan fingerprint density at radius 1 is 1.45 bits per heavy atom. The van der Waals surface area contributed by atoms with Crippen LogP contribution in [0.5, 0.6) is 0 Å². The third-order valence-corrected chi connectivity index (χ3v) is 3.89. The summed E-state index contributed by atoms with van der Waals surface area (Å²) in [7, 11) is 0. The smallest absolute Gasteiger partial charge is 0.241 e. The quantitative estimate of drug-likeness (QED) is 0.885. The summed E-state index contributed by atoms with van der Waals surface area (Å²) in [6.07, 6.45) is 1.48. The van der Waals surface area contributed by atoms with Crippen LogP contribution in [0.4, 0.5) is 5.69 Å². The third-order valence-electron chi connectivity index (χ3n) is 3.89. The topological polar surface area (TPSA) is 52.6 Å². The zero-order valence-electron chi connectivity index (χ0n) is 12.5. The first-order valence-electron chi connectivity index (χ1n) is 7.28. The fraction of sp³-hybridized carbons (Fsp3) is 0.562. The van der Waals surface area contributed by atoms with E-state index in [1.165, 1.54) is 0 Å². The third kappa shape index (κ3) is 3.38. The van der Waals surface area contributed by atoms with Gasteiger partial charge in [-0.15, -0.1) is 0 Å². The lowest BCUT2D eigenvalue weighted by Gasteiger charge is -2.25. The van der Waals surface area contributed by atoms with E-state index in [2.05, 4.69) is 10.2 Å². The van der Waals surface area contributed by atoms with Crippen molar-refractivity contribution in [2.75, 3.05) is 18.4 Å². The summed E-state index contributed by atoms with van der Waals surface area (Å²) in [5, 5.41) is 12.6. The summed E-state index contributed by atoms with van der Waals surface area (Å²) in [5.41, 5.74) is 3.08. The van der Waals surface area contributed by atoms with Crippen molar-refractivity contribution in [2.45, 2.75) is 45.8 Å². The first kappa shape index (κ1) is 15.0. The molecule has 0 radical (unpaired) electrons. The Morgan fingerprint density at radius 3 is 2.70 bits per heavy atom. The Labute approximate surface area is 120 Å². The van der Waals surface area contributed by atoms with Crippen molar-refractivity contribution in [2.24, 2.45) is 0 Å². The maximum absolute atomic E-state index is 12.5. The molecule has 0 aliphatic carbocycles. The first-order valence-corrected chi connectivity index (χ1v) is 7.28. The molecule has 1 saturated heterocycles. The summed E-state index contributed by atoms with van der Waals surface area (Å²) in [6.45, 7) is 7.22. The molecule has 110 valence electrons. The van der Waals surface area contributed by atoms with Crippen LogP contribution in [0.2, 0.25) is 0 Å². The van der Waals surface area contributed by atoms with Gasteiger partial charge in [-0.3, -0.25) is 9.69 Å². The van der Waals surface area contributed by atoms with Crippen molar-refractivity contribution in [3.63, 3.8) is 0 Å². The normalized spacial score (nSPS) is 20.9. The highest BCUT2D eigenvalue weighted by Gasteiger charge is 2.31. The zero-order chi connectivity index (χ0) is 14.7. The summed E-state index contributed by atoms with van der Waals surface area (Å²) in [5.74, 6) is 0.0422. The van der Waals surface area contributed by atoms with Gasteiger partial charge in [0.25, 0.3) is 0 Å². The maximum atomic E-state index is 12.5. The Hall–Kier alpha value is -1.39. The van der Waals surface area contributed by atoms with Crippen molar-refractivity contribution in [3.8, 4) is 0 Å². The number of nitrogens with zero attached hydrogens (tertiary/aromatic N) is 1. The molecule has 1 aliphatic heterocycles. The van der Waals surface area contributed by atoms with Crippen molar-refractivity contribution >= 4 is 11.6 Å². The molecule has 1 aromatic rings. The molecule has 1 fully saturated rings. The van der Waals surface area contributed by atoms with Gasteiger partial charge in [-0.25, -0.2) is 0 Å². The van der Waals surface area contributed by atoms with Crippen LogP contribution in [-0.2, 0) is 4.79 Å². The van der Waals surface area contributed by atoms with E-state index in [0.29, 0.717) is 6.54 Å². The van der Waals surface area contributed by atoms with E-state index in [0.717, 1.165) is 36.2 Å². The van der Waals surface area contributed by atoms with Crippen LogP contribution < -0.4 is 5.32 Å². The number of carbonyl (C=O) groups is 1. The van der Waals surface area contributed by atoms with Crippen molar-refractivity contribution in [1.29, 1.82) is 0 Å². The average molecular weight is 276 g/mol. The van der Waals surface area contributed by atoms with Gasteiger partial charge < -0.3 is 10.4 Å². The van der Waals surface area contributed by atoms with Gasteiger partial charge in [0.15, 0.2) is 0 Å². The molecule has 0 saturated carbocycles. The van der Waals surface area contributed by atoms with E-state index < -0.39 is 6.10 Å². The number of β-amino-alcohol motifs (C(OH)–C–C–N with tert-alkyl or cyclic N) is 1. The van der Waals surface area contributed by atoms with Crippen LogP contribution in [0.1, 0.15) is 30.9 Å².